The van der Waals surface area contributed by atoms with Gasteiger partial charge in [-0.3, -0.25) is 10.4 Å². The third-order valence-electron chi connectivity index (χ3n) is 1.66. The van der Waals surface area contributed by atoms with E-state index in [0.717, 1.165) is 11.3 Å². The number of hydrazone groups is 1. The Labute approximate surface area is 86.7 Å². The third-order valence-corrected chi connectivity index (χ3v) is 2.33. The Bertz CT molecular complexity index is 386. The van der Waals surface area contributed by atoms with Crippen LogP contribution in [0.2, 0.25) is 0 Å². The molecule has 0 aromatic heterocycles. The van der Waals surface area contributed by atoms with Gasteiger partial charge in [-0.05, 0) is 23.0 Å². The molecule has 2 rings (SSSR count). The molecule has 3 nitrogen and oxygen atoms in total. The fourth-order valence-electron chi connectivity index (χ4n) is 1.02. The van der Waals surface area contributed by atoms with Crippen LogP contribution in [-0.4, -0.2) is 12.4 Å². The molecule has 0 unspecified atom stereocenters. The van der Waals surface area contributed by atoms with Crippen LogP contribution < -0.4 is 5.43 Å². The van der Waals surface area contributed by atoms with Gasteiger partial charge in [-0.15, -0.1) is 11.8 Å². The zero-order valence-corrected chi connectivity index (χ0v) is 8.24. The normalized spacial score (nSPS) is 19.4. The van der Waals surface area contributed by atoms with E-state index in [0.29, 0.717) is 0 Å². The van der Waals surface area contributed by atoms with E-state index < -0.39 is 0 Å². The fourth-order valence-corrected chi connectivity index (χ4v) is 1.57. The second-order valence-electron chi connectivity index (χ2n) is 2.63. The van der Waals surface area contributed by atoms with Crippen LogP contribution in [-0.2, 0) is 0 Å². The molecule has 0 atom stereocenters. The van der Waals surface area contributed by atoms with Crippen LogP contribution >= 0.6 is 11.8 Å². The summed E-state index contributed by atoms with van der Waals surface area (Å²) in [6.07, 6.45) is 11.1. The minimum Gasteiger partial charge on any atom is -0.278 e. The van der Waals surface area contributed by atoms with Gasteiger partial charge in [0.1, 0.15) is 0 Å². The Kier molecular flexibility index (Phi) is 2.98. The van der Waals surface area contributed by atoms with Gasteiger partial charge in [0.05, 0.1) is 5.70 Å². The second kappa shape index (κ2) is 4.62. The van der Waals surface area contributed by atoms with Crippen molar-refractivity contribution < 1.29 is 0 Å². The number of aliphatic imine (C=N–C) groups is 1. The molecule has 0 amide bonds. The Morgan fingerprint density at radius 3 is 3.29 bits per heavy atom. The lowest BCUT2D eigenvalue weighted by Crippen LogP contribution is -2.07. The molecule has 0 fully saturated rings. The smallest absolute Gasteiger partial charge is 0.0654 e. The molecule has 0 spiro atoms. The van der Waals surface area contributed by atoms with Crippen molar-refractivity contribution in [3.63, 3.8) is 0 Å². The number of rotatable bonds is 1. The Morgan fingerprint density at radius 1 is 1.29 bits per heavy atom. The Morgan fingerprint density at radius 2 is 2.29 bits per heavy atom. The Balaban J connectivity index is 2.22. The van der Waals surface area contributed by atoms with Gasteiger partial charge in [0.2, 0.25) is 0 Å². The number of nitrogens with zero attached hydrogens (tertiary/aromatic N) is 2. The van der Waals surface area contributed by atoms with Crippen LogP contribution in [0.15, 0.2) is 56.6 Å². The molecule has 0 aromatic carbocycles. The molecular weight excluding hydrogens is 194 g/mol. The monoisotopic (exact) mass is 203 g/mol. The summed E-state index contributed by atoms with van der Waals surface area (Å²) in [5.41, 5.74) is 4.93. The molecule has 4 heteroatoms. The summed E-state index contributed by atoms with van der Waals surface area (Å²) in [5, 5.41) is 7.95. The molecule has 0 bridgehead atoms. The lowest BCUT2D eigenvalue weighted by molar-refractivity contribution is 0.921. The molecule has 2 heterocycles. The number of hydrogen-bond donors (Lipinski definition) is 1. The predicted molar refractivity (Wildman–Crippen MR) is 62.2 cm³/mol. The van der Waals surface area contributed by atoms with Gasteiger partial charge in [0, 0.05) is 24.2 Å². The molecule has 2 aliphatic heterocycles. The van der Waals surface area contributed by atoms with Crippen LogP contribution in [0, 0.1) is 0 Å². The van der Waals surface area contributed by atoms with Crippen molar-refractivity contribution in [2.75, 3.05) is 0 Å². The average Bonchev–Trinajstić information content (AvgIpc) is 2.62. The molecular formula is C10H9N3S. The average molecular weight is 203 g/mol. The summed E-state index contributed by atoms with van der Waals surface area (Å²) in [6.45, 7) is 0. The third kappa shape index (κ3) is 2.23. The van der Waals surface area contributed by atoms with Gasteiger partial charge in [-0.2, -0.15) is 5.10 Å². The van der Waals surface area contributed by atoms with Crippen molar-refractivity contribution in [2.45, 2.75) is 0 Å². The Hall–Kier alpha value is -1.55. The van der Waals surface area contributed by atoms with Crippen molar-refractivity contribution in [1.29, 1.82) is 0 Å². The topological polar surface area (TPSA) is 36.8 Å². The summed E-state index contributed by atoms with van der Waals surface area (Å²) < 4.78 is 0. The minimum absolute atomic E-state index is 0.954. The van der Waals surface area contributed by atoms with Gasteiger partial charge >= 0.3 is 0 Å². The minimum atomic E-state index is 0.954. The highest BCUT2D eigenvalue weighted by Crippen LogP contribution is 2.16. The van der Waals surface area contributed by atoms with Crippen molar-refractivity contribution in [1.82, 2.24) is 5.43 Å². The molecule has 0 saturated carbocycles. The zero-order chi connectivity index (χ0) is 9.64. The van der Waals surface area contributed by atoms with Crippen LogP contribution in [0.1, 0.15) is 0 Å². The largest absolute Gasteiger partial charge is 0.278 e. The lowest BCUT2D eigenvalue weighted by Gasteiger charge is -2.04. The zero-order valence-electron chi connectivity index (χ0n) is 7.42. The van der Waals surface area contributed by atoms with Crippen LogP contribution in [0.25, 0.3) is 0 Å². The highest BCUT2D eigenvalue weighted by molar-refractivity contribution is 8.04. The first kappa shape index (κ1) is 9.02. The lowest BCUT2D eigenvalue weighted by atomic mass is 10.2. The molecule has 1 N–H and O–H groups in total. The fraction of sp³-hybridized carbons (Fsp3) is 0. The van der Waals surface area contributed by atoms with E-state index in [-0.39, 0.29) is 0 Å². The summed E-state index contributed by atoms with van der Waals surface area (Å²) >= 11 is 1.60. The summed E-state index contributed by atoms with van der Waals surface area (Å²) in [4.78, 5) is 4.11. The van der Waals surface area contributed by atoms with E-state index in [2.05, 4.69) is 15.5 Å². The van der Waals surface area contributed by atoms with Crippen molar-refractivity contribution >= 4 is 24.2 Å². The van der Waals surface area contributed by atoms with Crippen molar-refractivity contribution in [3.8, 4) is 0 Å². The summed E-state index contributed by atoms with van der Waals surface area (Å²) in [6, 6.07) is 0. The highest BCUT2D eigenvalue weighted by atomic mass is 32.2. The van der Waals surface area contributed by atoms with Gasteiger partial charge in [-0.1, -0.05) is 6.08 Å². The quantitative estimate of drug-likeness (QED) is 0.709. The molecule has 14 heavy (non-hydrogen) atoms. The molecule has 70 valence electrons. The summed E-state index contributed by atoms with van der Waals surface area (Å²) in [5.74, 6) is 0. The second-order valence-corrected chi connectivity index (χ2v) is 3.41. The first-order valence-corrected chi connectivity index (χ1v) is 5.11. The molecule has 2 aliphatic rings. The van der Waals surface area contributed by atoms with Crippen LogP contribution in [0.4, 0.5) is 0 Å². The van der Waals surface area contributed by atoms with E-state index in [9.17, 15) is 0 Å². The van der Waals surface area contributed by atoms with Crippen LogP contribution in [0.3, 0.4) is 0 Å². The number of nitrogens with one attached hydrogen (secondary N) is 1. The van der Waals surface area contributed by atoms with Crippen LogP contribution in [0.5, 0.6) is 0 Å². The number of thioether (sulfide) groups is 1. The number of hydrogen-bond acceptors (Lipinski definition) is 4. The molecule has 0 aliphatic carbocycles. The van der Waals surface area contributed by atoms with Gasteiger partial charge in [-0.25, -0.2) is 0 Å². The van der Waals surface area contributed by atoms with Gasteiger partial charge < -0.3 is 0 Å². The predicted octanol–water partition coefficient (Wildman–Crippen LogP) is 2.19. The highest BCUT2D eigenvalue weighted by Gasteiger charge is 2.02. The van der Waals surface area contributed by atoms with Crippen molar-refractivity contribution in [3.05, 3.63) is 46.5 Å². The van der Waals surface area contributed by atoms with E-state index in [1.807, 2.05) is 35.3 Å². The maximum atomic E-state index is 4.11. The molecule has 0 saturated heterocycles. The first-order chi connectivity index (χ1) is 6.97. The van der Waals surface area contributed by atoms with E-state index in [4.69, 9.17) is 0 Å². The van der Waals surface area contributed by atoms with E-state index in [1.54, 1.807) is 24.2 Å². The summed E-state index contributed by atoms with van der Waals surface area (Å²) in [7, 11) is 0. The number of allylic oxidation sites excluding steroid dienone is 4. The van der Waals surface area contributed by atoms with E-state index >= 15 is 0 Å². The molecule has 0 radical (unpaired) electrons. The SMILES string of the molecule is C1=CC=C(C2=CSC=CN=C2)NN=C1. The van der Waals surface area contributed by atoms with Crippen molar-refractivity contribution in [2.24, 2.45) is 10.1 Å². The molecule has 0 aromatic rings. The standard InChI is InChI=1S/C10H9N3S/c1-2-4-12-13-10(3-1)9-7-11-5-6-14-8-9/h1-8,13H. The first-order valence-electron chi connectivity index (χ1n) is 4.17. The van der Waals surface area contributed by atoms with Gasteiger partial charge in [0.25, 0.3) is 0 Å². The maximum absolute atomic E-state index is 4.11. The van der Waals surface area contributed by atoms with E-state index in [1.165, 1.54) is 0 Å². The maximum Gasteiger partial charge on any atom is 0.0654 e. The van der Waals surface area contributed by atoms with Gasteiger partial charge in [0.15, 0.2) is 0 Å².